The van der Waals surface area contributed by atoms with E-state index in [0.29, 0.717) is 35.3 Å². The Bertz CT molecular complexity index is 1340. The van der Waals surface area contributed by atoms with Crippen LogP contribution in [0.25, 0.3) is 11.0 Å². The Kier molecular flexibility index (Phi) is 7.17. The van der Waals surface area contributed by atoms with Crippen molar-refractivity contribution >= 4 is 40.7 Å². The van der Waals surface area contributed by atoms with Crippen molar-refractivity contribution < 1.29 is 14.3 Å². The minimum absolute atomic E-state index is 0.0704. The number of anilines is 1. The number of aromatic nitrogens is 4. The number of nitrogens with zero attached hydrogens (tertiary/aromatic N) is 6. The molecule has 3 aromatic rings. The van der Waals surface area contributed by atoms with Crippen molar-refractivity contribution in [1.29, 1.82) is 5.26 Å². The van der Waals surface area contributed by atoms with Crippen molar-refractivity contribution in [2.24, 2.45) is 0 Å². The largest absolute Gasteiger partial charge is 0.444 e. The molecule has 1 aromatic carbocycles. The molecule has 2 aromatic heterocycles. The number of aryl methyl sites for hydroxylation is 2. The lowest BCUT2D eigenvalue weighted by molar-refractivity contribution is -0.120. The maximum atomic E-state index is 13.1. The first-order chi connectivity index (χ1) is 17.1. The molecule has 2 amide bonds. The van der Waals surface area contributed by atoms with Gasteiger partial charge < -0.3 is 9.30 Å². The molecule has 1 N–H and O–H groups in total. The minimum Gasteiger partial charge on any atom is -0.444 e. The average molecular weight is 508 g/mol. The number of hydrogen-bond acceptors (Lipinski definition) is 8. The van der Waals surface area contributed by atoms with Gasteiger partial charge in [-0.1, -0.05) is 12.1 Å². The molecule has 2 atom stereocenters. The van der Waals surface area contributed by atoms with E-state index < -0.39 is 29.6 Å². The molecule has 0 saturated carbocycles. The number of carbonyl (C=O) groups excluding carboxylic acids is 2. The Morgan fingerprint density at radius 2 is 2.06 bits per heavy atom. The fourth-order valence-corrected chi connectivity index (χ4v) is 5.19. The van der Waals surface area contributed by atoms with Crippen LogP contribution in [0.2, 0.25) is 0 Å². The molecule has 0 aliphatic carbocycles. The highest BCUT2D eigenvalue weighted by Crippen LogP contribution is 2.29. The maximum absolute atomic E-state index is 13.1. The molecule has 36 heavy (non-hydrogen) atoms. The van der Waals surface area contributed by atoms with Gasteiger partial charge >= 0.3 is 6.09 Å². The number of hydrogen-bond donors (Lipinski definition) is 1. The quantitative estimate of drug-likeness (QED) is 0.548. The van der Waals surface area contributed by atoms with E-state index in [4.69, 9.17) is 9.72 Å². The summed E-state index contributed by atoms with van der Waals surface area (Å²) in [5.41, 5.74) is 2.26. The van der Waals surface area contributed by atoms with E-state index in [0.717, 1.165) is 11.0 Å². The molecule has 0 bridgehead atoms. The number of nitriles is 1. The number of fused-ring (bicyclic) bond motifs is 1. The van der Waals surface area contributed by atoms with Gasteiger partial charge in [0.25, 0.3) is 5.91 Å². The molecule has 1 aliphatic heterocycles. The summed E-state index contributed by atoms with van der Waals surface area (Å²) in [5.74, 6) is 0.290. The molecular weight excluding hydrogens is 478 g/mol. The van der Waals surface area contributed by atoms with Crippen LogP contribution in [0.4, 0.5) is 10.7 Å². The zero-order valence-corrected chi connectivity index (χ0v) is 21.8. The summed E-state index contributed by atoms with van der Waals surface area (Å²) in [6, 6.07) is 9.34. The molecule has 1 aliphatic rings. The Balaban J connectivity index is 1.60. The number of benzene rings is 1. The molecule has 0 radical (unpaired) electrons. The lowest BCUT2D eigenvalue weighted by atomic mass is 10.0. The summed E-state index contributed by atoms with van der Waals surface area (Å²) in [7, 11) is 0. The maximum Gasteiger partial charge on any atom is 0.411 e. The monoisotopic (exact) mass is 507 g/mol. The molecule has 1 saturated heterocycles. The van der Waals surface area contributed by atoms with Crippen LogP contribution in [-0.4, -0.2) is 59.7 Å². The number of amides is 2. The van der Waals surface area contributed by atoms with Gasteiger partial charge in [-0.2, -0.15) is 5.26 Å². The first kappa shape index (κ1) is 25.4. The highest BCUT2D eigenvalue weighted by molar-refractivity contribution is 7.99. The third-order valence-corrected chi connectivity index (χ3v) is 6.73. The van der Waals surface area contributed by atoms with Gasteiger partial charge in [0.05, 0.1) is 28.7 Å². The Morgan fingerprint density at radius 1 is 1.31 bits per heavy atom. The number of ether oxygens (including phenoxy) is 1. The highest BCUT2D eigenvalue weighted by Gasteiger charge is 2.37. The number of thioether (sulfide) groups is 1. The van der Waals surface area contributed by atoms with Gasteiger partial charge in [-0.15, -0.1) is 11.8 Å². The van der Waals surface area contributed by atoms with Gasteiger partial charge in [-0.05, 0) is 52.3 Å². The van der Waals surface area contributed by atoms with Crippen LogP contribution >= 0.6 is 11.8 Å². The van der Waals surface area contributed by atoms with E-state index >= 15 is 0 Å². The second-order valence-electron chi connectivity index (χ2n) is 9.48. The Morgan fingerprint density at radius 3 is 2.75 bits per heavy atom. The van der Waals surface area contributed by atoms with Gasteiger partial charge in [0.1, 0.15) is 23.4 Å². The van der Waals surface area contributed by atoms with E-state index in [1.165, 1.54) is 16.7 Å². The van der Waals surface area contributed by atoms with E-state index in [9.17, 15) is 14.9 Å². The van der Waals surface area contributed by atoms with Crippen LogP contribution < -0.4 is 5.32 Å². The predicted molar refractivity (Wildman–Crippen MR) is 137 cm³/mol. The predicted octanol–water partition coefficient (Wildman–Crippen LogP) is 4.06. The molecule has 11 heteroatoms. The molecule has 188 valence electrons. The van der Waals surface area contributed by atoms with Gasteiger partial charge in [-0.25, -0.2) is 19.7 Å². The van der Waals surface area contributed by atoms with Crippen LogP contribution in [-0.2, 0) is 16.1 Å². The van der Waals surface area contributed by atoms with Crippen molar-refractivity contribution in [1.82, 2.24) is 24.4 Å². The fraction of sp³-hybridized carbons (Fsp3) is 0.440. The van der Waals surface area contributed by atoms with E-state index in [1.807, 2.05) is 42.7 Å². The number of nitrogens with one attached hydrogen (secondary N) is 1. The van der Waals surface area contributed by atoms with Crippen LogP contribution in [0.5, 0.6) is 0 Å². The summed E-state index contributed by atoms with van der Waals surface area (Å²) < 4.78 is 7.44. The van der Waals surface area contributed by atoms with Gasteiger partial charge in [0.15, 0.2) is 0 Å². The van der Waals surface area contributed by atoms with Crippen molar-refractivity contribution in [3.63, 3.8) is 0 Å². The van der Waals surface area contributed by atoms with Crippen molar-refractivity contribution in [2.45, 2.75) is 58.7 Å². The first-order valence-corrected chi connectivity index (χ1v) is 12.8. The van der Waals surface area contributed by atoms with Gasteiger partial charge in [0.2, 0.25) is 5.95 Å². The summed E-state index contributed by atoms with van der Waals surface area (Å²) in [6.45, 7) is 9.81. The second kappa shape index (κ2) is 10.1. The summed E-state index contributed by atoms with van der Waals surface area (Å²) in [6.07, 6.45) is 1.04. The van der Waals surface area contributed by atoms with Gasteiger partial charge in [0, 0.05) is 18.5 Å². The van der Waals surface area contributed by atoms with Crippen LogP contribution in [0.1, 0.15) is 50.7 Å². The van der Waals surface area contributed by atoms with Crippen LogP contribution in [0.3, 0.4) is 0 Å². The number of imidazole rings is 1. The molecule has 10 nitrogen and oxygen atoms in total. The topological polar surface area (TPSA) is 126 Å². The standard InChI is InChI=1S/C25H29N7O3S/c1-6-31-18-10-8-7-9-17(18)28-21(31)16(11-26)20-15(2)12-27-23(29-20)30-22(33)19-13-36-14-32(19)24(34)35-25(3,4)5/h7-10,12,16,19H,6,13-14H2,1-5H3,(H,27,29,30,33)/t16?,19-/m0/s1. The average Bonchev–Trinajstić information content (AvgIpc) is 3.45. The van der Waals surface area contributed by atoms with Crippen molar-refractivity contribution in [3.05, 3.63) is 47.5 Å². The summed E-state index contributed by atoms with van der Waals surface area (Å²) in [4.78, 5) is 40.6. The highest BCUT2D eigenvalue weighted by atomic mass is 32.2. The zero-order chi connectivity index (χ0) is 26.0. The molecule has 1 unspecified atom stereocenters. The lowest BCUT2D eigenvalue weighted by Crippen LogP contribution is -2.46. The zero-order valence-electron chi connectivity index (χ0n) is 21.0. The molecule has 3 heterocycles. The van der Waals surface area contributed by atoms with E-state index in [-0.39, 0.29) is 5.95 Å². The molecule has 0 spiro atoms. The lowest BCUT2D eigenvalue weighted by Gasteiger charge is -2.27. The summed E-state index contributed by atoms with van der Waals surface area (Å²) in [5, 5.41) is 12.8. The Hall–Kier alpha value is -3.65. The summed E-state index contributed by atoms with van der Waals surface area (Å²) >= 11 is 1.47. The number of carbonyl (C=O) groups is 2. The van der Waals surface area contributed by atoms with Crippen molar-refractivity contribution in [2.75, 3.05) is 16.9 Å². The van der Waals surface area contributed by atoms with E-state index in [1.54, 1.807) is 27.0 Å². The molecular formula is C25H29N7O3S. The molecule has 1 fully saturated rings. The fourth-order valence-electron chi connectivity index (χ4n) is 4.05. The number of para-hydroxylation sites is 2. The van der Waals surface area contributed by atoms with Crippen LogP contribution in [0, 0.1) is 18.3 Å². The smallest absolute Gasteiger partial charge is 0.411 e. The number of rotatable bonds is 5. The normalized spacial score (nSPS) is 16.6. The van der Waals surface area contributed by atoms with Gasteiger partial charge in [-0.3, -0.25) is 15.0 Å². The first-order valence-electron chi connectivity index (χ1n) is 11.7. The van der Waals surface area contributed by atoms with Crippen LogP contribution in [0.15, 0.2) is 30.5 Å². The third-order valence-electron chi connectivity index (χ3n) is 5.72. The SMILES string of the molecule is CCn1c(C(C#N)c2nc(NC(=O)[C@@H]3CSCN3C(=O)OC(C)(C)C)ncc2C)nc2ccccc21. The van der Waals surface area contributed by atoms with E-state index in [2.05, 4.69) is 21.4 Å². The third kappa shape index (κ3) is 5.14. The molecule has 4 rings (SSSR count). The second-order valence-corrected chi connectivity index (χ2v) is 10.5. The minimum atomic E-state index is -0.753. The van der Waals surface area contributed by atoms with Crippen molar-refractivity contribution in [3.8, 4) is 6.07 Å². The Labute approximate surface area is 214 Å².